The number of aryl methyl sites for hydroxylation is 2. The Morgan fingerprint density at radius 2 is 1.89 bits per heavy atom. The van der Waals surface area contributed by atoms with Gasteiger partial charge >= 0.3 is 12.1 Å². The first-order chi connectivity index (χ1) is 12.9. The van der Waals surface area contributed by atoms with Gasteiger partial charge in [0.15, 0.2) is 11.3 Å². The lowest BCUT2D eigenvalue weighted by Crippen LogP contribution is -2.36. The topological polar surface area (TPSA) is 68.3 Å². The molecule has 0 saturated carbocycles. The molecule has 0 atom stereocenters. The molecule has 0 aliphatic heterocycles. The summed E-state index contributed by atoms with van der Waals surface area (Å²) >= 11 is 0. The normalized spacial score (nSPS) is 12.6. The van der Waals surface area contributed by atoms with Gasteiger partial charge in [0, 0.05) is 44.2 Å². The summed E-state index contributed by atoms with van der Waals surface area (Å²) in [6.07, 6.45) is -2.60. The lowest BCUT2D eigenvalue weighted by Gasteiger charge is -2.20. The largest absolute Gasteiger partial charge is 0.459 e. The van der Waals surface area contributed by atoms with E-state index in [1.54, 1.807) is 19.4 Å². The maximum absolute atomic E-state index is 13.9. The molecule has 0 aliphatic rings. The molecule has 28 heavy (non-hydrogen) atoms. The molecule has 7 nitrogen and oxygen atoms in total. The molecule has 1 amide bonds. The summed E-state index contributed by atoms with van der Waals surface area (Å²) in [4.78, 5) is 17.7. The second-order valence-electron chi connectivity index (χ2n) is 6.34. The fourth-order valence-corrected chi connectivity index (χ4v) is 2.67. The van der Waals surface area contributed by atoms with Gasteiger partial charge in [-0.25, -0.2) is 9.50 Å². The van der Waals surface area contributed by atoms with Crippen molar-refractivity contribution in [2.75, 3.05) is 7.05 Å². The van der Waals surface area contributed by atoms with E-state index in [2.05, 4.69) is 15.2 Å². The molecule has 0 N–H and O–H groups in total. The summed E-state index contributed by atoms with van der Waals surface area (Å²) in [6.45, 7) is 1.43. The average Bonchev–Trinajstić information content (AvgIpc) is 3.18. The standard InChI is InChI=1S/C16H15F5N6O/c1-9-4-12(15(17,18)16(19,20)21)27-13(23-9)5-11(24-27)14(28)25(2)7-10-6-22-26(3)8-10/h4-6,8H,7H2,1-3H3. The predicted octanol–water partition coefficient (Wildman–Crippen LogP) is 2.70. The summed E-state index contributed by atoms with van der Waals surface area (Å²) < 4.78 is 68.2. The van der Waals surface area contributed by atoms with E-state index in [0.717, 1.165) is 6.07 Å². The van der Waals surface area contributed by atoms with Gasteiger partial charge in [-0.2, -0.15) is 32.1 Å². The molecule has 0 radical (unpaired) electrons. The molecular formula is C16H15F5N6O. The maximum Gasteiger partial charge on any atom is 0.459 e. The first-order valence-electron chi connectivity index (χ1n) is 7.95. The average molecular weight is 402 g/mol. The number of fused-ring (bicyclic) bond motifs is 1. The van der Waals surface area contributed by atoms with E-state index in [4.69, 9.17) is 0 Å². The number of halogens is 5. The highest BCUT2D eigenvalue weighted by atomic mass is 19.4. The molecule has 0 fully saturated rings. The number of carbonyl (C=O) groups excluding carboxylic acids is 1. The lowest BCUT2D eigenvalue weighted by atomic mass is 10.2. The zero-order valence-electron chi connectivity index (χ0n) is 15.0. The molecule has 0 aromatic carbocycles. The van der Waals surface area contributed by atoms with Crippen LogP contribution < -0.4 is 0 Å². The van der Waals surface area contributed by atoms with Gasteiger partial charge in [-0.3, -0.25) is 9.48 Å². The first kappa shape index (κ1) is 19.7. The van der Waals surface area contributed by atoms with Crippen molar-refractivity contribution in [2.24, 2.45) is 7.05 Å². The van der Waals surface area contributed by atoms with E-state index in [9.17, 15) is 26.7 Å². The van der Waals surface area contributed by atoms with Gasteiger partial charge in [0.05, 0.1) is 6.20 Å². The minimum atomic E-state index is -5.82. The fourth-order valence-electron chi connectivity index (χ4n) is 2.67. The van der Waals surface area contributed by atoms with Crippen LogP contribution in [0.3, 0.4) is 0 Å². The molecule has 3 aromatic rings. The van der Waals surface area contributed by atoms with Crippen LogP contribution in [0, 0.1) is 6.92 Å². The Balaban J connectivity index is 2.00. The highest BCUT2D eigenvalue weighted by Gasteiger charge is 2.60. The van der Waals surface area contributed by atoms with Gasteiger partial charge in [-0.15, -0.1) is 0 Å². The second kappa shape index (κ2) is 6.53. The van der Waals surface area contributed by atoms with Crippen LogP contribution in [-0.2, 0) is 19.5 Å². The molecular weight excluding hydrogens is 387 g/mol. The Morgan fingerprint density at radius 1 is 1.21 bits per heavy atom. The Labute approximate surface area is 155 Å². The number of alkyl halides is 5. The minimum Gasteiger partial charge on any atom is -0.336 e. The molecule has 150 valence electrons. The van der Waals surface area contributed by atoms with E-state index < -0.39 is 23.7 Å². The van der Waals surface area contributed by atoms with Crippen molar-refractivity contribution in [3.63, 3.8) is 0 Å². The highest BCUT2D eigenvalue weighted by molar-refractivity contribution is 5.93. The predicted molar refractivity (Wildman–Crippen MR) is 86.7 cm³/mol. The van der Waals surface area contributed by atoms with Crippen LogP contribution in [0.5, 0.6) is 0 Å². The molecule has 3 heterocycles. The Kier molecular flexibility index (Phi) is 4.60. The van der Waals surface area contributed by atoms with Crippen molar-refractivity contribution < 1.29 is 26.7 Å². The van der Waals surface area contributed by atoms with Crippen molar-refractivity contribution in [3.8, 4) is 0 Å². The molecule has 3 rings (SSSR count). The number of aromatic nitrogens is 5. The number of carbonyl (C=O) groups is 1. The second-order valence-corrected chi connectivity index (χ2v) is 6.34. The van der Waals surface area contributed by atoms with Crippen LogP contribution in [0.1, 0.15) is 27.4 Å². The molecule has 0 unspecified atom stereocenters. The Bertz CT molecular complexity index is 1040. The van der Waals surface area contributed by atoms with Crippen LogP contribution >= 0.6 is 0 Å². The molecule has 0 aliphatic carbocycles. The van der Waals surface area contributed by atoms with E-state index in [0.29, 0.717) is 16.1 Å². The number of rotatable bonds is 4. The number of amides is 1. The molecule has 12 heteroatoms. The summed E-state index contributed by atoms with van der Waals surface area (Å²) in [5, 5.41) is 7.63. The molecule has 0 bridgehead atoms. The number of hydrogen-bond acceptors (Lipinski definition) is 4. The highest BCUT2D eigenvalue weighted by Crippen LogP contribution is 2.43. The first-order valence-corrected chi connectivity index (χ1v) is 7.95. The zero-order chi connectivity index (χ0) is 20.9. The van der Waals surface area contributed by atoms with Crippen molar-refractivity contribution in [1.29, 1.82) is 0 Å². The van der Waals surface area contributed by atoms with E-state index in [1.807, 2.05) is 0 Å². The monoisotopic (exact) mass is 402 g/mol. The SMILES string of the molecule is Cc1cc(C(F)(F)C(F)(F)F)n2nc(C(=O)N(C)Cc3cnn(C)c3)cc2n1. The zero-order valence-corrected chi connectivity index (χ0v) is 15.0. The molecule has 3 aromatic heterocycles. The molecule has 0 spiro atoms. The van der Waals surface area contributed by atoms with Crippen LogP contribution in [0.2, 0.25) is 0 Å². The van der Waals surface area contributed by atoms with Crippen molar-refractivity contribution in [1.82, 2.24) is 29.3 Å². The van der Waals surface area contributed by atoms with Gasteiger partial charge in [0.2, 0.25) is 0 Å². The number of nitrogens with zero attached hydrogens (tertiary/aromatic N) is 6. The van der Waals surface area contributed by atoms with Gasteiger partial charge in [-0.05, 0) is 13.0 Å². The van der Waals surface area contributed by atoms with E-state index >= 15 is 0 Å². The van der Waals surface area contributed by atoms with Gasteiger partial charge < -0.3 is 4.90 Å². The fraction of sp³-hybridized carbons (Fsp3) is 0.375. The van der Waals surface area contributed by atoms with E-state index in [1.165, 1.54) is 23.6 Å². The van der Waals surface area contributed by atoms with Gasteiger partial charge in [0.25, 0.3) is 5.91 Å². The van der Waals surface area contributed by atoms with Crippen molar-refractivity contribution >= 4 is 11.6 Å². The van der Waals surface area contributed by atoms with Crippen LogP contribution in [0.25, 0.3) is 5.65 Å². The minimum absolute atomic E-state index is 0.0611. The van der Waals surface area contributed by atoms with Crippen molar-refractivity contribution in [2.45, 2.75) is 25.6 Å². The van der Waals surface area contributed by atoms with Crippen LogP contribution in [0.15, 0.2) is 24.5 Å². The van der Waals surface area contributed by atoms with Gasteiger partial charge in [0.1, 0.15) is 5.69 Å². The van der Waals surface area contributed by atoms with Crippen LogP contribution in [-0.4, -0.2) is 48.4 Å². The summed E-state index contributed by atoms with van der Waals surface area (Å²) in [6, 6.07) is 1.67. The van der Waals surface area contributed by atoms with Gasteiger partial charge in [-0.1, -0.05) is 0 Å². The third kappa shape index (κ3) is 3.41. The summed E-state index contributed by atoms with van der Waals surface area (Å²) in [5.74, 6) is -5.82. The summed E-state index contributed by atoms with van der Waals surface area (Å²) in [7, 11) is 3.15. The maximum atomic E-state index is 13.9. The third-order valence-electron chi connectivity index (χ3n) is 3.98. The quantitative estimate of drug-likeness (QED) is 0.630. The molecule has 0 saturated heterocycles. The Morgan fingerprint density at radius 3 is 2.46 bits per heavy atom. The third-order valence-corrected chi connectivity index (χ3v) is 3.98. The lowest BCUT2D eigenvalue weighted by molar-refractivity contribution is -0.291. The van der Waals surface area contributed by atoms with Crippen LogP contribution in [0.4, 0.5) is 22.0 Å². The van der Waals surface area contributed by atoms with E-state index in [-0.39, 0.29) is 23.6 Å². The summed E-state index contributed by atoms with van der Waals surface area (Å²) in [5.41, 5.74) is -1.34. The Hall–Kier alpha value is -3.05. The smallest absolute Gasteiger partial charge is 0.336 e. The number of hydrogen-bond donors (Lipinski definition) is 0. The van der Waals surface area contributed by atoms with Crippen molar-refractivity contribution in [3.05, 3.63) is 47.2 Å².